The number of rotatable bonds is 7. The van der Waals surface area contributed by atoms with Crippen molar-refractivity contribution in [3.8, 4) is 11.3 Å². The van der Waals surface area contributed by atoms with Crippen molar-refractivity contribution in [2.45, 2.75) is 27.2 Å². The molecule has 22 heavy (non-hydrogen) atoms. The lowest BCUT2D eigenvalue weighted by Gasteiger charge is -2.03. The van der Waals surface area contributed by atoms with Crippen molar-refractivity contribution >= 4 is 5.91 Å². The number of carbonyl (C=O) groups excluding carboxylic acids is 1. The van der Waals surface area contributed by atoms with Crippen molar-refractivity contribution in [3.63, 3.8) is 0 Å². The van der Waals surface area contributed by atoms with Crippen LogP contribution in [0.2, 0.25) is 0 Å². The molecule has 0 fully saturated rings. The summed E-state index contributed by atoms with van der Waals surface area (Å²) in [5.74, 6) is -0.158. The highest BCUT2D eigenvalue weighted by Gasteiger charge is 2.16. The third-order valence-corrected chi connectivity index (χ3v) is 3.54. The number of aryl methyl sites for hydroxylation is 2. The molecule has 2 aromatic rings. The summed E-state index contributed by atoms with van der Waals surface area (Å²) < 4.78 is 7.04. The first-order valence-corrected chi connectivity index (χ1v) is 7.46. The second kappa shape index (κ2) is 7.22. The van der Waals surface area contributed by atoms with Gasteiger partial charge in [-0.05, 0) is 33.3 Å². The minimum absolute atomic E-state index is 0.158. The fraction of sp³-hybridized carbons (Fsp3) is 0.533. The van der Waals surface area contributed by atoms with Gasteiger partial charge in [0.2, 0.25) is 0 Å². The number of hydrogen-bond donors (Lipinski definition) is 2. The Balaban J connectivity index is 2.00. The topological polar surface area (TPSA) is 84.8 Å². The van der Waals surface area contributed by atoms with Crippen LogP contribution >= 0.6 is 0 Å². The van der Waals surface area contributed by atoms with Crippen LogP contribution in [0, 0.1) is 13.8 Å². The molecule has 0 aliphatic rings. The minimum Gasteiger partial charge on any atom is -0.382 e. The summed E-state index contributed by atoms with van der Waals surface area (Å²) >= 11 is 0. The molecular formula is C15H23N5O2. The summed E-state index contributed by atoms with van der Waals surface area (Å²) in [6.45, 7) is 7.80. The molecule has 120 valence electrons. The summed E-state index contributed by atoms with van der Waals surface area (Å²) in [5.41, 5.74) is 4.08. The molecule has 7 nitrogen and oxygen atoms in total. The van der Waals surface area contributed by atoms with Crippen molar-refractivity contribution in [1.29, 1.82) is 0 Å². The fourth-order valence-electron chi connectivity index (χ4n) is 2.33. The molecule has 1 amide bonds. The highest BCUT2D eigenvalue weighted by molar-refractivity contribution is 5.93. The van der Waals surface area contributed by atoms with Crippen LogP contribution in [0.25, 0.3) is 11.3 Å². The zero-order valence-corrected chi connectivity index (χ0v) is 13.6. The second-order valence-electron chi connectivity index (χ2n) is 5.14. The Labute approximate surface area is 130 Å². The standard InChI is InChI=1S/C15H23N5O2/c1-5-22-8-6-7-16-15(21)13-9-12(17-18-13)14-10(2)19-20(4)11(14)3/h9H,5-8H2,1-4H3,(H,16,21)(H,17,18). The molecule has 0 radical (unpaired) electrons. The van der Waals surface area contributed by atoms with Crippen LogP contribution in [0.1, 0.15) is 35.2 Å². The molecule has 2 aromatic heterocycles. The lowest BCUT2D eigenvalue weighted by molar-refractivity contribution is 0.0939. The van der Waals surface area contributed by atoms with Gasteiger partial charge in [0.1, 0.15) is 5.69 Å². The molecular weight excluding hydrogens is 282 g/mol. The largest absolute Gasteiger partial charge is 0.382 e. The number of carbonyl (C=O) groups is 1. The lowest BCUT2D eigenvalue weighted by atomic mass is 10.1. The van der Waals surface area contributed by atoms with E-state index in [4.69, 9.17) is 4.74 Å². The van der Waals surface area contributed by atoms with Gasteiger partial charge in [-0.15, -0.1) is 0 Å². The first-order chi connectivity index (χ1) is 10.5. The predicted molar refractivity (Wildman–Crippen MR) is 83.7 cm³/mol. The van der Waals surface area contributed by atoms with Crippen LogP contribution in [0.4, 0.5) is 0 Å². The molecule has 0 atom stereocenters. The van der Waals surface area contributed by atoms with Gasteiger partial charge in [0.05, 0.1) is 11.4 Å². The zero-order chi connectivity index (χ0) is 16.1. The van der Waals surface area contributed by atoms with Crippen molar-refractivity contribution in [2.75, 3.05) is 19.8 Å². The molecule has 0 aromatic carbocycles. The maximum absolute atomic E-state index is 12.1. The van der Waals surface area contributed by atoms with E-state index in [2.05, 4.69) is 20.6 Å². The maximum atomic E-state index is 12.1. The smallest absolute Gasteiger partial charge is 0.269 e. The fourth-order valence-corrected chi connectivity index (χ4v) is 2.33. The summed E-state index contributed by atoms with van der Waals surface area (Å²) in [5, 5.41) is 14.2. The van der Waals surface area contributed by atoms with E-state index >= 15 is 0 Å². The minimum atomic E-state index is -0.158. The van der Waals surface area contributed by atoms with E-state index < -0.39 is 0 Å². The summed E-state index contributed by atoms with van der Waals surface area (Å²) in [6, 6.07) is 1.76. The lowest BCUT2D eigenvalue weighted by Crippen LogP contribution is -2.25. The quantitative estimate of drug-likeness (QED) is 0.761. The first kappa shape index (κ1) is 16.2. The number of nitrogens with zero attached hydrogens (tertiary/aromatic N) is 3. The molecule has 2 rings (SSSR count). The average molecular weight is 305 g/mol. The zero-order valence-electron chi connectivity index (χ0n) is 13.6. The monoisotopic (exact) mass is 305 g/mol. The van der Waals surface area contributed by atoms with Crippen molar-refractivity contribution in [3.05, 3.63) is 23.1 Å². The van der Waals surface area contributed by atoms with E-state index in [0.717, 1.165) is 29.1 Å². The molecule has 0 saturated carbocycles. The third-order valence-electron chi connectivity index (χ3n) is 3.54. The number of ether oxygens (including phenoxy) is 1. The van der Waals surface area contributed by atoms with E-state index in [9.17, 15) is 4.79 Å². The van der Waals surface area contributed by atoms with Crippen molar-refractivity contribution < 1.29 is 9.53 Å². The van der Waals surface area contributed by atoms with Gasteiger partial charge in [-0.3, -0.25) is 14.6 Å². The van der Waals surface area contributed by atoms with Gasteiger partial charge in [0, 0.05) is 38.1 Å². The van der Waals surface area contributed by atoms with E-state index in [0.29, 0.717) is 25.5 Å². The van der Waals surface area contributed by atoms with Gasteiger partial charge in [-0.1, -0.05) is 0 Å². The van der Waals surface area contributed by atoms with E-state index in [-0.39, 0.29) is 5.91 Å². The predicted octanol–water partition coefficient (Wildman–Crippen LogP) is 1.58. The van der Waals surface area contributed by atoms with Crippen molar-refractivity contribution in [2.24, 2.45) is 7.05 Å². The number of hydrogen-bond acceptors (Lipinski definition) is 4. The first-order valence-electron chi connectivity index (χ1n) is 7.46. The molecule has 2 heterocycles. The normalized spacial score (nSPS) is 10.9. The third kappa shape index (κ3) is 3.54. The molecule has 7 heteroatoms. The van der Waals surface area contributed by atoms with Crippen LogP contribution in [-0.4, -0.2) is 45.6 Å². The molecule has 0 aliphatic heterocycles. The molecule has 0 saturated heterocycles. The van der Waals surface area contributed by atoms with Crippen LogP contribution < -0.4 is 5.32 Å². The SMILES string of the molecule is CCOCCCNC(=O)c1cc(-c2c(C)nn(C)c2C)n[nH]1. The molecule has 0 spiro atoms. The van der Waals surface area contributed by atoms with Gasteiger partial charge < -0.3 is 10.1 Å². The summed E-state index contributed by atoms with van der Waals surface area (Å²) in [4.78, 5) is 12.1. The van der Waals surface area contributed by atoms with E-state index in [1.165, 1.54) is 0 Å². The molecule has 0 unspecified atom stereocenters. The van der Waals surface area contributed by atoms with Gasteiger partial charge in [0.15, 0.2) is 0 Å². The number of H-pyrrole nitrogens is 1. The highest BCUT2D eigenvalue weighted by Crippen LogP contribution is 2.24. The van der Waals surface area contributed by atoms with E-state index in [1.807, 2.05) is 32.5 Å². The summed E-state index contributed by atoms with van der Waals surface area (Å²) in [7, 11) is 1.89. The second-order valence-corrected chi connectivity index (χ2v) is 5.14. The Hall–Kier alpha value is -2.15. The van der Waals surface area contributed by atoms with Crippen LogP contribution in [0.3, 0.4) is 0 Å². The van der Waals surface area contributed by atoms with Gasteiger partial charge >= 0.3 is 0 Å². The molecule has 0 bridgehead atoms. The van der Waals surface area contributed by atoms with Crippen LogP contribution in [0.5, 0.6) is 0 Å². The Morgan fingerprint density at radius 1 is 1.45 bits per heavy atom. The Morgan fingerprint density at radius 3 is 2.86 bits per heavy atom. The Kier molecular flexibility index (Phi) is 5.32. The van der Waals surface area contributed by atoms with Gasteiger partial charge in [0.25, 0.3) is 5.91 Å². The molecule has 0 aliphatic carbocycles. The number of nitrogens with one attached hydrogen (secondary N) is 2. The highest BCUT2D eigenvalue weighted by atomic mass is 16.5. The van der Waals surface area contributed by atoms with Crippen LogP contribution in [0.15, 0.2) is 6.07 Å². The molecule has 2 N–H and O–H groups in total. The van der Waals surface area contributed by atoms with E-state index in [1.54, 1.807) is 6.07 Å². The Morgan fingerprint density at radius 2 is 2.23 bits per heavy atom. The van der Waals surface area contributed by atoms with Gasteiger partial charge in [-0.25, -0.2) is 0 Å². The summed E-state index contributed by atoms with van der Waals surface area (Å²) in [6.07, 6.45) is 0.793. The van der Waals surface area contributed by atoms with Crippen LogP contribution in [-0.2, 0) is 11.8 Å². The van der Waals surface area contributed by atoms with Gasteiger partial charge in [-0.2, -0.15) is 10.2 Å². The Bertz CT molecular complexity index is 644. The number of amides is 1. The average Bonchev–Trinajstić information content (AvgIpc) is 3.04. The van der Waals surface area contributed by atoms with Crippen molar-refractivity contribution in [1.82, 2.24) is 25.3 Å². The number of aromatic amines is 1. The maximum Gasteiger partial charge on any atom is 0.269 e. The number of aromatic nitrogens is 4.